The molecule has 0 bridgehead atoms. The molecule has 0 aliphatic carbocycles. The summed E-state index contributed by atoms with van der Waals surface area (Å²) in [5.41, 5.74) is 1.73. The molecule has 156 valence electrons. The van der Waals surface area contributed by atoms with Gasteiger partial charge in [-0.15, -0.1) is 24.0 Å². The van der Waals surface area contributed by atoms with Crippen LogP contribution in [0.25, 0.3) is 0 Å². The van der Waals surface area contributed by atoms with Gasteiger partial charge in [-0.25, -0.2) is 4.99 Å². The van der Waals surface area contributed by atoms with Crippen LogP contribution >= 0.6 is 24.0 Å². The summed E-state index contributed by atoms with van der Waals surface area (Å²) in [5.74, 6) is 1.60. The van der Waals surface area contributed by atoms with Crippen molar-refractivity contribution in [3.63, 3.8) is 0 Å². The van der Waals surface area contributed by atoms with Gasteiger partial charge >= 0.3 is 0 Å². The number of phenols is 1. The molecule has 1 atom stereocenters. The molecule has 4 N–H and O–H groups in total. The molecule has 2 aromatic carbocycles. The minimum absolute atomic E-state index is 0. The molecule has 7 nitrogen and oxygen atoms in total. The minimum atomic E-state index is -0.180. The normalized spacial score (nSPS) is 14.9. The van der Waals surface area contributed by atoms with E-state index in [-0.39, 0.29) is 41.7 Å². The number of fused-ring (bicyclic) bond motifs is 1. The predicted octanol–water partition coefficient (Wildman–Crippen LogP) is 2.30. The monoisotopic (exact) mass is 510 g/mol. The van der Waals surface area contributed by atoms with Gasteiger partial charge in [-0.2, -0.15) is 0 Å². The second kappa shape index (κ2) is 11.5. The Hall–Kier alpha value is -2.49. The summed E-state index contributed by atoms with van der Waals surface area (Å²) in [7, 11) is 0. The lowest BCUT2D eigenvalue weighted by atomic mass is 10.1. The Morgan fingerprint density at radius 2 is 1.83 bits per heavy atom. The lowest BCUT2D eigenvalue weighted by Crippen LogP contribution is -2.42. The Bertz CT molecular complexity index is 802. The van der Waals surface area contributed by atoms with E-state index in [2.05, 4.69) is 27.0 Å². The summed E-state index contributed by atoms with van der Waals surface area (Å²) >= 11 is 0. The Labute approximate surface area is 188 Å². The second-order valence-electron chi connectivity index (χ2n) is 6.50. The number of ether oxygens (including phenoxy) is 1. The van der Waals surface area contributed by atoms with Gasteiger partial charge in [0.2, 0.25) is 0 Å². The number of carbonyl (C=O) groups excluding carboxylic acids is 1. The van der Waals surface area contributed by atoms with Crippen LogP contribution < -0.4 is 20.7 Å². The van der Waals surface area contributed by atoms with Crippen molar-refractivity contribution in [2.75, 3.05) is 26.2 Å². The number of carbonyl (C=O) groups is 1. The Kier molecular flexibility index (Phi) is 9.04. The smallest absolute Gasteiger partial charge is 0.251 e. The topological polar surface area (TPSA) is 95.0 Å². The van der Waals surface area contributed by atoms with Crippen molar-refractivity contribution in [1.29, 1.82) is 0 Å². The van der Waals surface area contributed by atoms with E-state index < -0.39 is 0 Å². The van der Waals surface area contributed by atoms with E-state index in [4.69, 9.17) is 4.74 Å². The summed E-state index contributed by atoms with van der Waals surface area (Å²) in [6, 6.07) is 14.2. The average molecular weight is 510 g/mol. The number of benzene rings is 2. The first-order valence-electron chi connectivity index (χ1n) is 9.49. The predicted molar refractivity (Wildman–Crippen MR) is 124 cm³/mol. The van der Waals surface area contributed by atoms with E-state index in [9.17, 15) is 9.90 Å². The molecule has 0 radical (unpaired) electrons. The summed E-state index contributed by atoms with van der Waals surface area (Å²) in [6.07, 6.45) is 0.906. The van der Waals surface area contributed by atoms with E-state index in [1.165, 1.54) is 17.7 Å². The zero-order chi connectivity index (χ0) is 19.8. The summed E-state index contributed by atoms with van der Waals surface area (Å²) in [5, 5.41) is 18.5. The first kappa shape index (κ1) is 22.8. The largest absolute Gasteiger partial charge is 0.508 e. The van der Waals surface area contributed by atoms with Crippen molar-refractivity contribution in [2.45, 2.75) is 19.4 Å². The highest BCUT2D eigenvalue weighted by molar-refractivity contribution is 14.0. The third kappa shape index (κ3) is 6.81. The molecular formula is C21H27IN4O3. The van der Waals surface area contributed by atoms with Gasteiger partial charge in [-0.3, -0.25) is 4.79 Å². The summed E-state index contributed by atoms with van der Waals surface area (Å²) in [6.45, 7) is 4.31. The minimum Gasteiger partial charge on any atom is -0.508 e. The first-order valence-corrected chi connectivity index (χ1v) is 9.49. The number of guanidine groups is 1. The van der Waals surface area contributed by atoms with Crippen LogP contribution in [0, 0.1) is 0 Å². The van der Waals surface area contributed by atoms with Crippen molar-refractivity contribution in [3.05, 3.63) is 59.7 Å². The lowest BCUT2D eigenvalue weighted by molar-refractivity contribution is 0.0954. The van der Waals surface area contributed by atoms with Gasteiger partial charge < -0.3 is 25.8 Å². The number of aromatic hydroxyl groups is 1. The number of amides is 1. The van der Waals surface area contributed by atoms with Gasteiger partial charge in [0.05, 0.1) is 6.54 Å². The molecule has 1 heterocycles. The number of para-hydroxylation sites is 1. The highest BCUT2D eigenvalue weighted by Crippen LogP contribution is 2.28. The number of hydrogen-bond acceptors (Lipinski definition) is 4. The number of rotatable bonds is 7. The quantitative estimate of drug-likeness (QED) is 0.199. The number of aliphatic imine (C=N–C) groups is 1. The van der Waals surface area contributed by atoms with Gasteiger partial charge in [0.1, 0.15) is 17.6 Å². The van der Waals surface area contributed by atoms with E-state index in [0.29, 0.717) is 31.2 Å². The number of nitrogens with one attached hydrogen (secondary N) is 3. The molecule has 0 spiro atoms. The standard InChI is InChI=1S/C21H26N4O3.HI/c1-2-22-21(25-14-18-13-16-5-3-4-6-19(16)28-18)24-12-11-23-20(27)15-7-9-17(26)10-8-15;/h3-10,18,26H,2,11-14H2,1H3,(H,23,27)(H2,22,24,25);1H. The maximum atomic E-state index is 12.1. The van der Waals surface area contributed by atoms with Gasteiger partial charge in [-0.1, -0.05) is 18.2 Å². The van der Waals surface area contributed by atoms with Crippen molar-refractivity contribution in [1.82, 2.24) is 16.0 Å². The fourth-order valence-electron chi connectivity index (χ4n) is 2.96. The maximum Gasteiger partial charge on any atom is 0.251 e. The zero-order valence-corrected chi connectivity index (χ0v) is 18.7. The van der Waals surface area contributed by atoms with Gasteiger partial charge in [0.25, 0.3) is 5.91 Å². The number of hydrogen-bond donors (Lipinski definition) is 4. The van der Waals surface area contributed by atoms with Crippen molar-refractivity contribution >= 4 is 35.8 Å². The molecule has 29 heavy (non-hydrogen) atoms. The highest BCUT2D eigenvalue weighted by Gasteiger charge is 2.21. The molecule has 1 amide bonds. The lowest BCUT2D eigenvalue weighted by Gasteiger charge is -2.13. The molecule has 2 aromatic rings. The van der Waals surface area contributed by atoms with Crippen LogP contribution in [0.15, 0.2) is 53.5 Å². The second-order valence-corrected chi connectivity index (χ2v) is 6.50. The van der Waals surface area contributed by atoms with Crippen molar-refractivity contribution in [3.8, 4) is 11.5 Å². The average Bonchev–Trinajstić information content (AvgIpc) is 3.12. The number of phenolic OH excluding ortho intramolecular Hbond substituents is 1. The molecule has 0 fully saturated rings. The Morgan fingerprint density at radius 1 is 1.10 bits per heavy atom. The van der Waals surface area contributed by atoms with Crippen LogP contribution in [0.4, 0.5) is 0 Å². The van der Waals surface area contributed by atoms with E-state index in [1.54, 1.807) is 12.1 Å². The van der Waals surface area contributed by atoms with Crippen LogP contribution in [0.2, 0.25) is 0 Å². The molecule has 1 unspecified atom stereocenters. The van der Waals surface area contributed by atoms with E-state index in [0.717, 1.165) is 18.7 Å². The van der Waals surface area contributed by atoms with Crippen LogP contribution in [-0.2, 0) is 6.42 Å². The maximum absolute atomic E-state index is 12.1. The van der Waals surface area contributed by atoms with Crippen molar-refractivity contribution in [2.24, 2.45) is 4.99 Å². The number of halogens is 1. The zero-order valence-electron chi connectivity index (χ0n) is 16.4. The Morgan fingerprint density at radius 3 is 2.55 bits per heavy atom. The molecule has 0 aromatic heterocycles. The molecule has 1 aliphatic heterocycles. The molecule has 0 saturated carbocycles. The fourth-order valence-corrected chi connectivity index (χ4v) is 2.96. The molecule has 3 rings (SSSR count). The van der Waals surface area contributed by atoms with Crippen LogP contribution in [0.5, 0.6) is 11.5 Å². The highest BCUT2D eigenvalue weighted by atomic mass is 127. The van der Waals surface area contributed by atoms with E-state index >= 15 is 0 Å². The van der Waals surface area contributed by atoms with Gasteiger partial charge in [0.15, 0.2) is 5.96 Å². The van der Waals surface area contributed by atoms with Crippen molar-refractivity contribution < 1.29 is 14.6 Å². The summed E-state index contributed by atoms with van der Waals surface area (Å²) in [4.78, 5) is 16.6. The molecule has 8 heteroatoms. The first-order chi connectivity index (χ1) is 13.7. The summed E-state index contributed by atoms with van der Waals surface area (Å²) < 4.78 is 5.91. The van der Waals surface area contributed by atoms with Crippen LogP contribution in [0.3, 0.4) is 0 Å². The van der Waals surface area contributed by atoms with Crippen LogP contribution in [0.1, 0.15) is 22.8 Å². The molecule has 0 saturated heterocycles. The van der Waals surface area contributed by atoms with Crippen LogP contribution in [-0.4, -0.2) is 49.3 Å². The number of nitrogens with zero attached hydrogens (tertiary/aromatic N) is 1. The molecule has 1 aliphatic rings. The molecular weight excluding hydrogens is 483 g/mol. The fraction of sp³-hybridized carbons (Fsp3) is 0.333. The third-order valence-electron chi connectivity index (χ3n) is 4.34. The SMILES string of the molecule is CCNC(=NCC1Cc2ccccc2O1)NCCNC(=O)c1ccc(O)cc1.I. The third-order valence-corrected chi connectivity index (χ3v) is 4.34. The van der Waals surface area contributed by atoms with Gasteiger partial charge in [-0.05, 0) is 42.8 Å². The van der Waals surface area contributed by atoms with Gasteiger partial charge in [0, 0.05) is 31.6 Å². The Balaban J connectivity index is 0.00000300. The van der Waals surface area contributed by atoms with E-state index in [1.807, 2.05) is 25.1 Å².